The van der Waals surface area contributed by atoms with Crippen molar-refractivity contribution in [2.75, 3.05) is 30.8 Å². The molecule has 0 spiro atoms. The molecule has 0 radical (unpaired) electrons. The number of carbonyl (C=O) groups excluding carboxylic acids is 2. The number of hydrogen-bond acceptors (Lipinski definition) is 6. The number of amides is 2. The molecule has 11 heteroatoms. The molecule has 0 fully saturated rings. The minimum atomic E-state index is -4.43. The number of anilines is 2. The Balaban J connectivity index is 1.25. The summed E-state index contributed by atoms with van der Waals surface area (Å²) in [5.74, 6) is -0.304. The molecular formula is C27H24F3N3O5. The highest BCUT2D eigenvalue weighted by Crippen LogP contribution is 2.25. The number of halogens is 3. The highest BCUT2D eigenvalue weighted by atomic mass is 19.4. The second kappa shape index (κ2) is 11.7. The van der Waals surface area contributed by atoms with Crippen molar-refractivity contribution < 1.29 is 36.7 Å². The van der Waals surface area contributed by atoms with Crippen LogP contribution >= 0.6 is 0 Å². The van der Waals surface area contributed by atoms with Crippen LogP contribution in [0.2, 0.25) is 0 Å². The monoisotopic (exact) mass is 527 g/mol. The highest BCUT2D eigenvalue weighted by Gasteiger charge is 2.27. The van der Waals surface area contributed by atoms with Gasteiger partial charge in [0.1, 0.15) is 24.5 Å². The van der Waals surface area contributed by atoms with E-state index in [9.17, 15) is 22.8 Å². The third-order valence-corrected chi connectivity index (χ3v) is 5.38. The Kier molecular flexibility index (Phi) is 8.17. The smallest absolute Gasteiger partial charge is 0.411 e. The molecule has 3 aromatic carbocycles. The van der Waals surface area contributed by atoms with E-state index in [1.165, 1.54) is 6.07 Å². The average Bonchev–Trinajstić information content (AvgIpc) is 3.33. The van der Waals surface area contributed by atoms with Gasteiger partial charge in [-0.2, -0.15) is 13.2 Å². The van der Waals surface area contributed by atoms with Crippen LogP contribution < -0.4 is 21.1 Å². The summed E-state index contributed by atoms with van der Waals surface area (Å²) in [4.78, 5) is 24.9. The SMILES string of the molecule is Nc1ccccc1NC(=O)c1ccc(OCCNC(=O)c2cc3c(COCC(F)(F)F)cccc3o2)cc1. The van der Waals surface area contributed by atoms with E-state index in [1.54, 1.807) is 66.7 Å². The number of ether oxygens (including phenoxy) is 2. The Labute approximate surface area is 215 Å². The Morgan fingerprint density at radius 2 is 1.71 bits per heavy atom. The zero-order valence-electron chi connectivity index (χ0n) is 20.0. The Bertz CT molecular complexity index is 1420. The lowest BCUT2D eigenvalue weighted by Gasteiger charge is -2.09. The van der Waals surface area contributed by atoms with Gasteiger partial charge in [-0.25, -0.2) is 0 Å². The molecule has 4 rings (SSSR count). The summed E-state index contributed by atoms with van der Waals surface area (Å²) >= 11 is 0. The first-order valence-electron chi connectivity index (χ1n) is 11.5. The van der Waals surface area contributed by atoms with Gasteiger partial charge in [0.25, 0.3) is 11.8 Å². The molecule has 38 heavy (non-hydrogen) atoms. The van der Waals surface area contributed by atoms with E-state index in [0.717, 1.165) is 0 Å². The van der Waals surface area contributed by atoms with Crippen molar-refractivity contribution in [3.63, 3.8) is 0 Å². The van der Waals surface area contributed by atoms with Crippen molar-refractivity contribution in [3.05, 3.63) is 89.7 Å². The van der Waals surface area contributed by atoms with Crippen LogP contribution in [0.25, 0.3) is 11.0 Å². The number of carbonyl (C=O) groups is 2. The van der Waals surface area contributed by atoms with Crippen LogP contribution in [-0.2, 0) is 11.3 Å². The molecule has 0 atom stereocenters. The van der Waals surface area contributed by atoms with Gasteiger partial charge in [-0.1, -0.05) is 24.3 Å². The van der Waals surface area contributed by atoms with Crippen molar-refractivity contribution in [3.8, 4) is 5.75 Å². The van der Waals surface area contributed by atoms with Gasteiger partial charge in [0.2, 0.25) is 0 Å². The third kappa shape index (κ3) is 7.04. The van der Waals surface area contributed by atoms with E-state index in [2.05, 4.69) is 10.6 Å². The predicted molar refractivity (Wildman–Crippen MR) is 135 cm³/mol. The standard InChI is InChI=1S/C27H24F3N3O5/c28-27(29,30)16-36-15-18-4-3-7-23-20(18)14-24(38-23)26(35)32-12-13-37-19-10-8-17(9-11-19)25(34)33-22-6-2-1-5-21(22)31/h1-11,14H,12-13,15-16,31H2,(H,32,35)(H,33,34). The summed E-state index contributed by atoms with van der Waals surface area (Å²) in [5, 5.41) is 5.90. The van der Waals surface area contributed by atoms with E-state index < -0.39 is 18.7 Å². The molecule has 1 heterocycles. The van der Waals surface area contributed by atoms with Crippen LogP contribution in [0.4, 0.5) is 24.5 Å². The molecule has 198 valence electrons. The maximum Gasteiger partial charge on any atom is 0.411 e. The highest BCUT2D eigenvalue weighted by molar-refractivity contribution is 6.05. The minimum Gasteiger partial charge on any atom is -0.492 e. The van der Waals surface area contributed by atoms with Crippen LogP contribution in [0.3, 0.4) is 0 Å². The van der Waals surface area contributed by atoms with Gasteiger partial charge < -0.3 is 30.3 Å². The summed E-state index contributed by atoms with van der Waals surface area (Å²) < 4.78 is 52.9. The number of furan rings is 1. The topological polar surface area (TPSA) is 116 Å². The molecule has 1 aromatic heterocycles. The predicted octanol–water partition coefficient (Wildman–Crippen LogP) is 5.16. The number of nitrogens with one attached hydrogen (secondary N) is 2. The minimum absolute atomic E-state index is 0.0117. The average molecular weight is 527 g/mol. The Morgan fingerprint density at radius 1 is 0.947 bits per heavy atom. The first-order chi connectivity index (χ1) is 18.2. The molecule has 2 amide bonds. The van der Waals surface area contributed by atoms with Gasteiger partial charge >= 0.3 is 6.18 Å². The first-order valence-corrected chi connectivity index (χ1v) is 11.5. The lowest BCUT2D eigenvalue weighted by Crippen LogP contribution is -2.27. The number of alkyl halides is 3. The number of hydrogen-bond donors (Lipinski definition) is 3. The van der Waals surface area contributed by atoms with E-state index >= 15 is 0 Å². The molecule has 8 nitrogen and oxygen atoms in total. The van der Waals surface area contributed by atoms with Crippen LogP contribution in [0.15, 0.2) is 77.2 Å². The van der Waals surface area contributed by atoms with Crippen molar-refractivity contribution in [2.45, 2.75) is 12.8 Å². The second-order valence-corrected chi connectivity index (χ2v) is 8.22. The summed E-state index contributed by atoms with van der Waals surface area (Å²) in [7, 11) is 0. The lowest BCUT2D eigenvalue weighted by molar-refractivity contribution is -0.176. The van der Waals surface area contributed by atoms with Gasteiger partial charge in [-0.15, -0.1) is 0 Å². The zero-order chi connectivity index (χ0) is 27.1. The Morgan fingerprint density at radius 3 is 2.45 bits per heavy atom. The van der Waals surface area contributed by atoms with Gasteiger partial charge in [0.15, 0.2) is 5.76 Å². The molecule has 0 unspecified atom stereocenters. The normalized spacial score (nSPS) is 11.3. The number of nitrogen functional groups attached to an aromatic ring is 1. The van der Waals surface area contributed by atoms with E-state index in [-0.39, 0.29) is 31.4 Å². The zero-order valence-corrected chi connectivity index (χ0v) is 20.0. The largest absolute Gasteiger partial charge is 0.492 e. The van der Waals surface area contributed by atoms with Gasteiger partial charge in [-0.3, -0.25) is 9.59 Å². The van der Waals surface area contributed by atoms with Gasteiger partial charge in [0, 0.05) is 10.9 Å². The molecule has 0 aliphatic heterocycles. The maximum atomic E-state index is 12.5. The first kappa shape index (κ1) is 26.6. The third-order valence-electron chi connectivity index (χ3n) is 5.38. The summed E-state index contributed by atoms with van der Waals surface area (Å²) in [6.45, 7) is -1.33. The number of para-hydroxylation sites is 2. The number of nitrogens with two attached hydrogens (primary N) is 1. The molecule has 0 aliphatic rings. The number of benzene rings is 3. The molecule has 0 aliphatic carbocycles. The molecule has 0 saturated carbocycles. The number of rotatable bonds is 10. The summed E-state index contributed by atoms with van der Waals surface area (Å²) in [5.41, 5.74) is 8.07. The fourth-order valence-electron chi connectivity index (χ4n) is 3.56. The van der Waals surface area contributed by atoms with Crippen LogP contribution in [0.5, 0.6) is 5.75 Å². The molecule has 4 N–H and O–H groups in total. The molecule has 0 saturated heterocycles. The molecule has 4 aromatic rings. The van der Waals surface area contributed by atoms with Crippen molar-refractivity contribution in [1.82, 2.24) is 5.32 Å². The fourth-order valence-corrected chi connectivity index (χ4v) is 3.56. The molecule has 0 bridgehead atoms. The Hall–Kier alpha value is -4.51. The van der Waals surface area contributed by atoms with E-state index in [1.807, 2.05) is 0 Å². The van der Waals surface area contributed by atoms with Crippen LogP contribution in [0.1, 0.15) is 26.5 Å². The van der Waals surface area contributed by atoms with E-state index in [4.69, 9.17) is 19.6 Å². The quantitative estimate of drug-likeness (QED) is 0.194. The van der Waals surface area contributed by atoms with Crippen LogP contribution in [-0.4, -0.2) is 37.7 Å². The molecular weight excluding hydrogens is 503 g/mol. The van der Waals surface area contributed by atoms with Crippen molar-refractivity contribution in [2.24, 2.45) is 0 Å². The van der Waals surface area contributed by atoms with Crippen molar-refractivity contribution in [1.29, 1.82) is 0 Å². The fraction of sp³-hybridized carbons (Fsp3) is 0.185. The summed E-state index contributed by atoms with van der Waals surface area (Å²) in [6, 6.07) is 19.7. The van der Waals surface area contributed by atoms with Gasteiger partial charge in [-0.05, 0) is 54.1 Å². The van der Waals surface area contributed by atoms with Crippen LogP contribution in [0, 0.1) is 0 Å². The number of fused-ring (bicyclic) bond motifs is 1. The van der Waals surface area contributed by atoms with E-state index in [0.29, 0.717) is 39.2 Å². The second-order valence-electron chi connectivity index (χ2n) is 8.22. The lowest BCUT2D eigenvalue weighted by atomic mass is 10.1. The summed E-state index contributed by atoms with van der Waals surface area (Å²) in [6.07, 6.45) is -4.43. The van der Waals surface area contributed by atoms with Gasteiger partial charge in [0.05, 0.1) is 24.5 Å². The van der Waals surface area contributed by atoms with Crippen molar-refractivity contribution >= 4 is 34.2 Å². The maximum absolute atomic E-state index is 12.5.